The van der Waals surface area contributed by atoms with Gasteiger partial charge in [-0.1, -0.05) is 13.8 Å². The van der Waals surface area contributed by atoms with Gasteiger partial charge in [0.15, 0.2) is 0 Å². The van der Waals surface area contributed by atoms with Crippen molar-refractivity contribution in [2.75, 3.05) is 19.0 Å². The number of anilines is 1. The lowest BCUT2D eigenvalue weighted by Gasteiger charge is -2.10. The summed E-state index contributed by atoms with van der Waals surface area (Å²) in [6.45, 7) is 5.89. The highest BCUT2D eigenvalue weighted by molar-refractivity contribution is 5.61. The smallest absolute Gasteiger partial charge is 0.372 e. The summed E-state index contributed by atoms with van der Waals surface area (Å²) in [7, 11) is 1.58. The standard InChI is InChI=1S/C10H16N4O3/c1-5-17-10-7(14(15)16)9(11-4)12-8(13-10)6(2)3/h6H,5H2,1-4H3,(H,11,12,13). The summed E-state index contributed by atoms with van der Waals surface area (Å²) in [6, 6.07) is 0. The van der Waals surface area contributed by atoms with E-state index in [4.69, 9.17) is 4.74 Å². The Hall–Kier alpha value is -1.92. The highest BCUT2D eigenvalue weighted by Crippen LogP contribution is 2.32. The fourth-order valence-corrected chi connectivity index (χ4v) is 1.29. The van der Waals surface area contributed by atoms with E-state index >= 15 is 0 Å². The molecule has 0 saturated carbocycles. The van der Waals surface area contributed by atoms with Crippen molar-refractivity contribution < 1.29 is 9.66 Å². The predicted molar refractivity (Wildman–Crippen MR) is 63.5 cm³/mol. The molecule has 0 fully saturated rings. The zero-order valence-electron chi connectivity index (χ0n) is 10.4. The van der Waals surface area contributed by atoms with E-state index in [1.807, 2.05) is 13.8 Å². The summed E-state index contributed by atoms with van der Waals surface area (Å²) in [5.41, 5.74) is -0.223. The topological polar surface area (TPSA) is 90.2 Å². The van der Waals surface area contributed by atoms with E-state index in [-0.39, 0.29) is 23.3 Å². The molecule has 0 aromatic carbocycles. The predicted octanol–water partition coefficient (Wildman–Crippen LogP) is 1.95. The number of rotatable bonds is 5. The average molecular weight is 240 g/mol. The molecule has 7 heteroatoms. The number of ether oxygens (including phenoxy) is 1. The number of hydrogen-bond donors (Lipinski definition) is 1. The third-order valence-corrected chi connectivity index (χ3v) is 2.09. The van der Waals surface area contributed by atoms with Gasteiger partial charge in [0.25, 0.3) is 5.88 Å². The molecule has 7 nitrogen and oxygen atoms in total. The Morgan fingerprint density at radius 2 is 2.12 bits per heavy atom. The molecule has 0 spiro atoms. The van der Waals surface area contributed by atoms with Crippen LogP contribution in [-0.2, 0) is 0 Å². The van der Waals surface area contributed by atoms with Crippen LogP contribution in [0.1, 0.15) is 32.5 Å². The van der Waals surface area contributed by atoms with Crippen LogP contribution in [0.4, 0.5) is 11.5 Å². The van der Waals surface area contributed by atoms with Gasteiger partial charge in [0.05, 0.1) is 11.5 Å². The van der Waals surface area contributed by atoms with E-state index in [0.29, 0.717) is 12.4 Å². The second kappa shape index (κ2) is 5.42. The van der Waals surface area contributed by atoms with E-state index in [1.165, 1.54) is 0 Å². The second-order valence-corrected chi connectivity index (χ2v) is 3.68. The number of nitrogens with zero attached hydrogens (tertiary/aromatic N) is 3. The first kappa shape index (κ1) is 13.1. The van der Waals surface area contributed by atoms with Crippen LogP contribution in [0.25, 0.3) is 0 Å². The van der Waals surface area contributed by atoms with Crippen molar-refractivity contribution in [1.82, 2.24) is 9.97 Å². The van der Waals surface area contributed by atoms with Gasteiger partial charge in [-0.2, -0.15) is 4.98 Å². The van der Waals surface area contributed by atoms with Gasteiger partial charge >= 0.3 is 5.69 Å². The summed E-state index contributed by atoms with van der Waals surface area (Å²) in [5.74, 6) is 0.781. The highest BCUT2D eigenvalue weighted by Gasteiger charge is 2.26. The minimum atomic E-state index is -0.541. The molecule has 0 bridgehead atoms. The van der Waals surface area contributed by atoms with Crippen molar-refractivity contribution in [2.24, 2.45) is 0 Å². The summed E-state index contributed by atoms with van der Waals surface area (Å²) < 4.78 is 5.20. The van der Waals surface area contributed by atoms with Crippen LogP contribution < -0.4 is 10.1 Å². The van der Waals surface area contributed by atoms with Crippen LogP contribution in [0.2, 0.25) is 0 Å². The van der Waals surface area contributed by atoms with Gasteiger partial charge in [0, 0.05) is 13.0 Å². The minimum Gasteiger partial charge on any atom is -0.473 e. The molecule has 0 aliphatic rings. The normalized spacial score (nSPS) is 10.4. The van der Waals surface area contributed by atoms with Crippen molar-refractivity contribution in [2.45, 2.75) is 26.7 Å². The fraction of sp³-hybridized carbons (Fsp3) is 0.600. The highest BCUT2D eigenvalue weighted by atomic mass is 16.6. The second-order valence-electron chi connectivity index (χ2n) is 3.68. The van der Waals surface area contributed by atoms with Crippen LogP contribution in [0.5, 0.6) is 5.88 Å². The zero-order valence-corrected chi connectivity index (χ0v) is 10.4. The van der Waals surface area contributed by atoms with E-state index in [1.54, 1.807) is 14.0 Å². The Kier molecular flexibility index (Phi) is 4.19. The molecule has 0 radical (unpaired) electrons. The minimum absolute atomic E-state index is 0.0144. The van der Waals surface area contributed by atoms with Crippen LogP contribution in [0.15, 0.2) is 0 Å². The van der Waals surface area contributed by atoms with Crippen molar-refractivity contribution >= 4 is 11.5 Å². The molecule has 1 aromatic heterocycles. The number of hydrogen-bond acceptors (Lipinski definition) is 6. The van der Waals surface area contributed by atoms with Crippen LogP contribution >= 0.6 is 0 Å². The molecule has 94 valence electrons. The van der Waals surface area contributed by atoms with Gasteiger partial charge in [-0.05, 0) is 6.92 Å². The molecule has 1 rings (SSSR count). The summed E-state index contributed by atoms with van der Waals surface area (Å²) in [4.78, 5) is 18.6. The number of aromatic nitrogens is 2. The first-order valence-electron chi connectivity index (χ1n) is 5.38. The molecule has 17 heavy (non-hydrogen) atoms. The molecular weight excluding hydrogens is 224 g/mol. The average Bonchev–Trinajstić information content (AvgIpc) is 2.27. The van der Waals surface area contributed by atoms with Gasteiger partial charge in [-0.3, -0.25) is 10.1 Å². The molecule has 0 aliphatic carbocycles. The molecule has 0 unspecified atom stereocenters. The van der Waals surface area contributed by atoms with Gasteiger partial charge in [-0.15, -0.1) is 0 Å². The Morgan fingerprint density at radius 3 is 2.53 bits per heavy atom. The Balaban J connectivity index is 3.40. The molecule has 0 saturated heterocycles. The Morgan fingerprint density at radius 1 is 1.47 bits per heavy atom. The largest absolute Gasteiger partial charge is 0.473 e. The molecule has 0 atom stereocenters. The summed E-state index contributed by atoms with van der Waals surface area (Å²) in [6.07, 6.45) is 0. The SMILES string of the molecule is CCOc1nc(C(C)C)nc(NC)c1[N+](=O)[O-]. The molecule has 1 heterocycles. The van der Waals surface area contributed by atoms with Gasteiger partial charge in [-0.25, -0.2) is 4.98 Å². The molecule has 1 aromatic rings. The Labute approximate surface area is 99.4 Å². The van der Waals surface area contributed by atoms with Gasteiger partial charge in [0.2, 0.25) is 5.82 Å². The van der Waals surface area contributed by atoms with E-state index in [0.717, 1.165) is 0 Å². The van der Waals surface area contributed by atoms with Crippen LogP contribution in [0, 0.1) is 10.1 Å². The quantitative estimate of drug-likeness (QED) is 0.624. The monoisotopic (exact) mass is 240 g/mol. The van der Waals surface area contributed by atoms with Crippen molar-refractivity contribution in [3.8, 4) is 5.88 Å². The number of nitrogens with one attached hydrogen (secondary N) is 1. The van der Waals surface area contributed by atoms with Crippen molar-refractivity contribution in [1.29, 1.82) is 0 Å². The Bertz CT molecular complexity index is 420. The maximum Gasteiger partial charge on any atom is 0.372 e. The molecule has 0 aliphatic heterocycles. The lowest BCUT2D eigenvalue weighted by atomic mass is 10.2. The van der Waals surface area contributed by atoms with Crippen LogP contribution in [-0.4, -0.2) is 28.5 Å². The fourth-order valence-electron chi connectivity index (χ4n) is 1.29. The summed E-state index contributed by atoms with van der Waals surface area (Å²) in [5, 5.41) is 13.7. The first-order valence-corrected chi connectivity index (χ1v) is 5.38. The molecular formula is C10H16N4O3. The van der Waals surface area contributed by atoms with Crippen LogP contribution in [0.3, 0.4) is 0 Å². The van der Waals surface area contributed by atoms with Crippen molar-refractivity contribution in [3.05, 3.63) is 15.9 Å². The lowest BCUT2D eigenvalue weighted by Crippen LogP contribution is -2.09. The van der Waals surface area contributed by atoms with E-state index < -0.39 is 4.92 Å². The molecule has 0 amide bonds. The van der Waals surface area contributed by atoms with Crippen molar-refractivity contribution in [3.63, 3.8) is 0 Å². The maximum absolute atomic E-state index is 11.0. The van der Waals surface area contributed by atoms with E-state index in [2.05, 4.69) is 15.3 Å². The van der Waals surface area contributed by atoms with E-state index in [9.17, 15) is 10.1 Å². The number of nitro groups is 1. The lowest BCUT2D eigenvalue weighted by molar-refractivity contribution is -0.385. The third kappa shape index (κ3) is 2.80. The zero-order chi connectivity index (χ0) is 13.0. The van der Waals surface area contributed by atoms with Gasteiger partial charge < -0.3 is 10.1 Å². The summed E-state index contributed by atoms with van der Waals surface area (Å²) >= 11 is 0. The third-order valence-electron chi connectivity index (χ3n) is 2.09. The first-order chi connectivity index (χ1) is 8.01. The maximum atomic E-state index is 11.0. The van der Waals surface area contributed by atoms with Gasteiger partial charge in [0.1, 0.15) is 5.82 Å². The molecule has 1 N–H and O–H groups in total.